The number of amides is 2. The van der Waals surface area contributed by atoms with Gasteiger partial charge in [-0.05, 0) is 43.4 Å². The standard InChI is InChI=1S/C19H28N2O2/c1-2-3-4-12-18(22)20-16-10-7-11-17(14-16)21-19(23)13-15-8-5-6-9-15/h7,10-11,14-15H,2-6,8-9,12-13H2,1H3,(H,20,22)(H,21,23). The van der Waals surface area contributed by atoms with E-state index in [0.29, 0.717) is 18.8 Å². The number of hydrogen-bond donors (Lipinski definition) is 2. The monoisotopic (exact) mass is 316 g/mol. The topological polar surface area (TPSA) is 58.2 Å². The van der Waals surface area contributed by atoms with Crippen LogP contribution in [0.2, 0.25) is 0 Å². The summed E-state index contributed by atoms with van der Waals surface area (Å²) in [4.78, 5) is 23.9. The molecule has 0 spiro atoms. The van der Waals surface area contributed by atoms with Crippen LogP contribution in [-0.4, -0.2) is 11.8 Å². The molecule has 0 bridgehead atoms. The van der Waals surface area contributed by atoms with Gasteiger partial charge in [-0.25, -0.2) is 0 Å². The van der Waals surface area contributed by atoms with Gasteiger partial charge in [0, 0.05) is 24.2 Å². The Kier molecular flexibility index (Phi) is 7.11. The lowest BCUT2D eigenvalue weighted by Crippen LogP contribution is -2.15. The van der Waals surface area contributed by atoms with Gasteiger partial charge >= 0.3 is 0 Å². The zero-order valence-corrected chi connectivity index (χ0v) is 14.1. The van der Waals surface area contributed by atoms with Gasteiger partial charge in [0.2, 0.25) is 11.8 Å². The minimum Gasteiger partial charge on any atom is -0.326 e. The molecule has 1 saturated carbocycles. The summed E-state index contributed by atoms with van der Waals surface area (Å²) < 4.78 is 0. The highest BCUT2D eigenvalue weighted by atomic mass is 16.2. The lowest BCUT2D eigenvalue weighted by Gasteiger charge is -2.11. The first-order chi connectivity index (χ1) is 11.2. The molecule has 1 aliphatic rings. The Morgan fingerprint density at radius 3 is 2.35 bits per heavy atom. The van der Waals surface area contributed by atoms with Crippen molar-refractivity contribution in [1.29, 1.82) is 0 Å². The largest absolute Gasteiger partial charge is 0.326 e. The van der Waals surface area contributed by atoms with Crippen molar-refractivity contribution in [2.75, 3.05) is 10.6 Å². The lowest BCUT2D eigenvalue weighted by molar-refractivity contribution is -0.117. The number of carbonyl (C=O) groups is 2. The maximum atomic E-state index is 12.1. The molecule has 1 aromatic carbocycles. The fraction of sp³-hybridized carbons (Fsp3) is 0.579. The first kappa shape index (κ1) is 17.5. The third-order valence-corrected chi connectivity index (χ3v) is 4.39. The van der Waals surface area contributed by atoms with E-state index in [1.807, 2.05) is 24.3 Å². The number of carbonyl (C=O) groups excluding carboxylic acids is 2. The molecule has 0 saturated heterocycles. The second-order valence-electron chi connectivity index (χ2n) is 6.49. The SMILES string of the molecule is CCCCCC(=O)Nc1cccc(NC(=O)CC2CCCC2)c1. The van der Waals surface area contributed by atoms with Crippen molar-refractivity contribution in [3.63, 3.8) is 0 Å². The normalized spacial score (nSPS) is 14.7. The van der Waals surface area contributed by atoms with Crippen LogP contribution in [0, 0.1) is 5.92 Å². The van der Waals surface area contributed by atoms with Crippen LogP contribution in [0.25, 0.3) is 0 Å². The van der Waals surface area contributed by atoms with Crippen LogP contribution in [0.15, 0.2) is 24.3 Å². The van der Waals surface area contributed by atoms with Crippen LogP contribution in [-0.2, 0) is 9.59 Å². The number of anilines is 2. The van der Waals surface area contributed by atoms with Gasteiger partial charge in [-0.2, -0.15) is 0 Å². The Balaban J connectivity index is 1.81. The van der Waals surface area contributed by atoms with Crippen molar-refractivity contribution in [3.8, 4) is 0 Å². The second-order valence-corrected chi connectivity index (χ2v) is 6.49. The minimum atomic E-state index is 0.0351. The third-order valence-electron chi connectivity index (χ3n) is 4.39. The minimum absolute atomic E-state index is 0.0351. The van der Waals surface area contributed by atoms with E-state index in [4.69, 9.17) is 0 Å². The predicted molar refractivity (Wildman–Crippen MR) is 94.4 cm³/mol. The average molecular weight is 316 g/mol. The first-order valence-electron chi connectivity index (χ1n) is 8.87. The molecule has 0 aliphatic heterocycles. The summed E-state index contributed by atoms with van der Waals surface area (Å²) in [6, 6.07) is 7.39. The number of nitrogens with one attached hydrogen (secondary N) is 2. The van der Waals surface area contributed by atoms with Gasteiger partial charge in [0.1, 0.15) is 0 Å². The van der Waals surface area contributed by atoms with E-state index in [-0.39, 0.29) is 11.8 Å². The van der Waals surface area contributed by atoms with Crippen molar-refractivity contribution < 1.29 is 9.59 Å². The quantitative estimate of drug-likeness (QED) is 0.681. The summed E-state index contributed by atoms with van der Waals surface area (Å²) in [6.45, 7) is 2.12. The van der Waals surface area contributed by atoms with Crippen molar-refractivity contribution in [3.05, 3.63) is 24.3 Å². The van der Waals surface area contributed by atoms with Crippen LogP contribution in [0.5, 0.6) is 0 Å². The fourth-order valence-electron chi connectivity index (χ4n) is 3.12. The molecule has 1 fully saturated rings. The number of unbranched alkanes of at least 4 members (excludes halogenated alkanes) is 2. The van der Waals surface area contributed by atoms with Crippen molar-refractivity contribution in [2.45, 2.75) is 64.7 Å². The Hall–Kier alpha value is -1.84. The Morgan fingerprint density at radius 1 is 1.04 bits per heavy atom. The molecule has 4 nitrogen and oxygen atoms in total. The Morgan fingerprint density at radius 2 is 1.70 bits per heavy atom. The number of hydrogen-bond acceptors (Lipinski definition) is 2. The summed E-state index contributed by atoms with van der Waals surface area (Å²) >= 11 is 0. The molecule has 0 heterocycles. The maximum absolute atomic E-state index is 12.1. The molecule has 1 aliphatic carbocycles. The van der Waals surface area contributed by atoms with Gasteiger partial charge in [-0.15, -0.1) is 0 Å². The molecule has 0 unspecified atom stereocenters. The smallest absolute Gasteiger partial charge is 0.224 e. The van der Waals surface area contributed by atoms with Crippen LogP contribution >= 0.6 is 0 Å². The summed E-state index contributed by atoms with van der Waals surface area (Å²) in [5, 5.41) is 5.84. The van der Waals surface area contributed by atoms with Crippen LogP contribution < -0.4 is 10.6 Å². The van der Waals surface area contributed by atoms with Gasteiger partial charge in [0.15, 0.2) is 0 Å². The molecule has 126 valence electrons. The van der Waals surface area contributed by atoms with Gasteiger partial charge in [0.05, 0.1) is 0 Å². The molecule has 23 heavy (non-hydrogen) atoms. The molecule has 0 aromatic heterocycles. The Bertz CT molecular complexity index is 522. The van der Waals surface area contributed by atoms with E-state index in [0.717, 1.165) is 30.6 Å². The van der Waals surface area contributed by atoms with E-state index in [1.54, 1.807) is 0 Å². The van der Waals surface area contributed by atoms with E-state index in [2.05, 4.69) is 17.6 Å². The molecule has 2 amide bonds. The second kappa shape index (κ2) is 9.33. The van der Waals surface area contributed by atoms with Crippen molar-refractivity contribution >= 4 is 23.2 Å². The first-order valence-corrected chi connectivity index (χ1v) is 8.87. The summed E-state index contributed by atoms with van der Waals surface area (Å²) in [5.74, 6) is 0.646. The molecule has 4 heteroatoms. The van der Waals surface area contributed by atoms with Gasteiger partial charge in [-0.3, -0.25) is 9.59 Å². The third kappa shape index (κ3) is 6.43. The van der Waals surface area contributed by atoms with Gasteiger partial charge < -0.3 is 10.6 Å². The van der Waals surface area contributed by atoms with Crippen LogP contribution in [0.3, 0.4) is 0 Å². The van der Waals surface area contributed by atoms with Gasteiger partial charge in [0.25, 0.3) is 0 Å². The maximum Gasteiger partial charge on any atom is 0.224 e. The van der Waals surface area contributed by atoms with Crippen molar-refractivity contribution in [1.82, 2.24) is 0 Å². The molecule has 2 N–H and O–H groups in total. The zero-order valence-electron chi connectivity index (χ0n) is 14.1. The molecular weight excluding hydrogens is 288 g/mol. The summed E-state index contributed by atoms with van der Waals surface area (Å²) in [5.41, 5.74) is 1.49. The molecule has 2 rings (SSSR count). The highest BCUT2D eigenvalue weighted by molar-refractivity contribution is 5.94. The summed E-state index contributed by atoms with van der Waals surface area (Å²) in [7, 11) is 0. The highest BCUT2D eigenvalue weighted by Crippen LogP contribution is 2.28. The van der Waals surface area contributed by atoms with E-state index >= 15 is 0 Å². The van der Waals surface area contributed by atoms with E-state index < -0.39 is 0 Å². The molecule has 0 atom stereocenters. The van der Waals surface area contributed by atoms with E-state index in [9.17, 15) is 9.59 Å². The number of rotatable bonds is 8. The van der Waals surface area contributed by atoms with Gasteiger partial charge in [-0.1, -0.05) is 38.7 Å². The zero-order chi connectivity index (χ0) is 16.5. The summed E-state index contributed by atoms with van der Waals surface area (Å²) in [6.07, 6.45) is 9.08. The van der Waals surface area contributed by atoms with Crippen LogP contribution in [0.1, 0.15) is 64.7 Å². The van der Waals surface area contributed by atoms with Crippen molar-refractivity contribution in [2.24, 2.45) is 5.92 Å². The number of benzene rings is 1. The predicted octanol–water partition coefficient (Wildman–Crippen LogP) is 4.72. The molecule has 1 aromatic rings. The highest BCUT2D eigenvalue weighted by Gasteiger charge is 2.18. The van der Waals surface area contributed by atoms with Crippen LogP contribution in [0.4, 0.5) is 11.4 Å². The molecular formula is C19H28N2O2. The van der Waals surface area contributed by atoms with E-state index in [1.165, 1.54) is 25.7 Å². The average Bonchev–Trinajstić information content (AvgIpc) is 3.00. The Labute approximate surface area is 139 Å². The lowest BCUT2D eigenvalue weighted by atomic mass is 10.0. The molecule has 0 radical (unpaired) electrons. The fourth-order valence-corrected chi connectivity index (χ4v) is 3.12.